The molecule has 0 bridgehead atoms. The van der Waals surface area contributed by atoms with Crippen molar-refractivity contribution in [1.29, 1.82) is 0 Å². The summed E-state index contributed by atoms with van der Waals surface area (Å²) < 4.78 is 10.6. The van der Waals surface area contributed by atoms with Gasteiger partial charge >= 0.3 is 5.97 Å². The molecule has 4 heteroatoms. The van der Waals surface area contributed by atoms with Gasteiger partial charge in [-0.3, -0.25) is 0 Å². The number of carbonyl (C=O) groups is 1. The number of pyridine rings is 1. The van der Waals surface area contributed by atoms with Crippen LogP contribution in [0.3, 0.4) is 0 Å². The molecule has 0 fully saturated rings. The van der Waals surface area contributed by atoms with E-state index in [2.05, 4.69) is 11.6 Å². The standard InChI is InChI=1S/C13H15NO3/c1-4-7-13(5-2)9-6-8-14-11(16-3)10(9)12(15)17-13/h4,6,8H,1,5,7H2,2-3H3. The molecule has 1 unspecified atom stereocenters. The maximum Gasteiger partial charge on any atom is 0.345 e. The van der Waals surface area contributed by atoms with E-state index in [0.717, 1.165) is 5.56 Å². The zero-order chi connectivity index (χ0) is 12.5. The average Bonchev–Trinajstić information content (AvgIpc) is 2.64. The van der Waals surface area contributed by atoms with Crippen molar-refractivity contribution in [3.8, 4) is 5.88 Å². The summed E-state index contributed by atoms with van der Waals surface area (Å²) in [6.45, 7) is 5.70. The van der Waals surface area contributed by atoms with Gasteiger partial charge in [0.2, 0.25) is 5.88 Å². The number of fused-ring (bicyclic) bond motifs is 1. The molecule has 1 aromatic heterocycles. The molecule has 1 atom stereocenters. The quantitative estimate of drug-likeness (QED) is 0.592. The molecule has 0 N–H and O–H groups in total. The van der Waals surface area contributed by atoms with Crippen LogP contribution in [0.1, 0.15) is 35.7 Å². The van der Waals surface area contributed by atoms with Gasteiger partial charge in [-0.1, -0.05) is 13.0 Å². The van der Waals surface area contributed by atoms with Crippen LogP contribution in [0.25, 0.3) is 0 Å². The van der Waals surface area contributed by atoms with Crippen LogP contribution in [0.15, 0.2) is 24.9 Å². The second-order valence-electron chi connectivity index (χ2n) is 3.97. The minimum Gasteiger partial charge on any atom is -0.480 e. The van der Waals surface area contributed by atoms with Gasteiger partial charge in [-0.25, -0.2) is 9.78 Å². The van der Waals surface area contributed by atoms with Crippen LogP contribution >= 0.6 is 0 Å². The first-order valence-electron chi connectivity index (χ1n) is 5.56. The molecule has 0 aromatic carbocycles. The van der Waals surface area contributed by atoms with E-state index in [1.165, 1.54) is 7.11 Å². The Balaban J connectivity index is 2.61. The third-order valence-corrected chi connectivity index (χ3v) is 3.14. The van der Waals surface area contributed by atoms with Crippen LogP contribution in [0.5, 0.6) is 5.88 Å². The average molecular weight is 233 g/mol. The predicted octanol–water partition coefficient (Wildman–Crippen LogP) is 2.44. The highest BCUT2D eigenvalue weighted by Gasteiger charge is 2.45. The highest BCUT2D eigenvalue weighted by Crippen LogP contribution is 2.44. The van der Waals surface area contributed by atoms with E-state index < -0.39 is 5.60 Å². The number of ether oxygens (including phenoxy) is 2. The Bertz CT molecular complexity index is 470. The smallest absolute Gasteiger partial charge is 0.345 e. The second-order valence-corrected chi connectivity index (χ2v) is 3.97. The van der Waals surface area contributed by atoms with Gasteiger partial charge in [-0.2, -0.15) is 0 Å². The van der Waals surface area contributed by atoms with E-state index in [4.69, 9.17) is 9.47 Å². The number of rotatable bonds is 4. The molecule has 2 rings (SSSR count). The summed E-state index contributed by atoms with van der Waals surface area (Å²) in [7, 11) is 1.50. The molecule has 17 heavy (non-hydrogen) atoms. The van der Waals surface area contributed by atoms with Crippen molar-refractivity contribution in [2.75, 3.05) is 7.11 Å². The lowest BCUT2D eigenvalue weighted by Gasteiger charge is -2.25. The van der Waals surface area contributed by atoms with E-state index in [0.29, 0.717) is 24.3 Å². The van der Waals surface area contributed by atoms with Gasteiger partial charge in [0.15, 0.2) is 0 Å². The van der Waals surface area contributed by atoms with Gasteiger partial charge in [0.25, 0.3) is 0 Å². The highest BCUT2D eigenvalue weighted by atomic mass is 16.6. The first-order chi connectivity index (χ1) is 8.18. The summed E-state index contributed by atoms with van der Waals surface area (Å²) >= 11 is 0. The zero-order valence-electron chi connectivity index (χ0n) is 10.0. The van der Waals surface area contributed by atoms with Crippen molar-refractivity contribution in [1.82, 2.24) is 4.98 Å². The first kappa shape index (κ1) is 11.6. The predicted molar refractivity (Wildman–Crippen MR) is 63.0 cm³/mol. The fourth-order valence-corrected chi connectivity index (χ4v) is 2.25. The molecular weight excluding hydrogens is 218 g/mol. The van der Waals surface area contributed by atoms with Crippen molar-refractivity contribution in [2.45, 2.75) is 25.4 Å². The first-order valence-corrected chi connectivity index (χ1v) is 5.56. The number of methoxy groups -OCH3 is 1. The number of hydrogen-bond donors (Lipinski definition) is 0. The summed E-state index contributed by atoms with van der Waals surface area (Å²) in [4.78, 5) is 15.9. The molecule has 2 heterocycles. The fraction of sp³-hybridized carbons (Fsp3) is 0.385. The lowest BCUT2D eigenvalue weighted by Crippen LogP contribution is -2.24. The summed E-state index contributed by atoms with van der Waals surface area (Å²) in [6, 6.07) is 1.82. The van der Waals surface area contributed by atoms with Gasteiger partial charge in [-0.15, -0.1) is 6.58 Å². The number of cyclic esters (lactones) is 1. The number of carbonyl (C=O) groups excluding carboxylic acids is 1. The summed E-state index contributed by atoms with van der Waals surface area (Å²) in [5, 5.41) is 0. The number of hydrogen-bond acceptors (Lipinski definition) is 4. The van der Waals surface area contributed by atoms with Crippen molar-refractivity contribution in [3.05, 3.63) is 36.0 Å². The lowest BCUT2D eigenvalue weighted by atomic mass is 9.88. The normalized spacial score (nSPS) is 21.9. The van der Waals surface area contributed by atoms with Crippen molar-refractivity contribution < 1.29 is 14.3 Å². The molecule has 90 valence electrons. The van der Waals surface area contributed by atoms with Gasteiger partial charge in [0, 0.05) is 18.2 Å². The molecule has 4 nitrogen and oxygen atoms in total. The zero-order valence-corrected chi connectivity index (χ0v) is 10.0. The monoisotopic (exact) mass is 233 g/mol. The Labute approximate surface area is 100 Å². The number of aromatic nitrogens is 1. The fourth-order valence-electron chi connectivity index (χ4n) is 2.25. The maximum absolute atomic E-state index is 11.9. The van der Waals surface area contributed by atoms with Crippen molar-refractivity contribution in [2.24, 2.45) is 0 Å². The summed E-state index contributed by atoms with van der Waals surface area (Å²) in [5.41, 5.74) is 0.681. The lowest BCUT2D eigenvalue weighted by molar-refractivity contribution is -0.00901. The molecule has 0 radical (unpaired) electrons. The van der Waals surface area contributed by atoms with E-state index in [-0.39, 0.29) is 5.97 Å². The largest absolute Gasteiger partial charge is 0.480 e. The maximum atomic E-state index is 11.9. The number of nitrogens with zero attached hydrogens (tertiary/aromatic N) is 1. The minimum absolute atomic E-state index is 0.326. The van der Waals surface area contributed by atoms with Crippen molar-refractivity contribution in [3.63, 3.8) is 0 Å². The SMILES string of the molecule is C=CCC1(CC)OC(=O)c2c1ccnc2OC. The Hall–Kier alpha value is -1.84. The van der Waals surface area contributed by atoms with E-state index in [9.17, 15) is 4.79 Å². The van der Waals surface area contributed by atoms with Crippen LogP contribution in [0.2, 0.25) is 0 Å². The molecule has 0 spiro atoms. The van der Waals surface area contributed by atoms with E-state index >= 15 is 0 Å². The Morgan fingerprint density at radius 1 is 1.65 bits per heavy atom. The third-order valence-electron chi connectivity index (χ3n) is 3.14. The molecular formula is C13H15NO3. The Morgan fingerprint density at radius 2 is 2.41 bits per heavy atom. The Kier molecular flexibility index (Phi) is 2.88. The van der Waals surface area contributed by atoms with E-state index in [1.807, 2.05) is 13.0 Å². The molecule has 0 aliphatic carbocycles. The molecule has 0 saturated carbocycles. The van der Waals surface area contributed by atoms with Gasteiger partial charge < -0.3 is 9.47 Å². The summed E-state index contributed by atoms with van der Waals surface area (Å²) in [6.07, 6.45) is 4.69. The molecule has 0 saturated heterocycles. The summed E-state index contributed by atoms with van der Waals surface area (Å²) in [5.74, 6) is -0.0412. The van der Waals surface area contributed by atoms with Crippen LogP contribution < -0.4 is 4.74 Å². The topological polar surface area (TPSA) is 48.4 Å². The van der Waals surface area contributed by atoms with Crippen LogP contribution in [-0.2, 0) is 10.3 Å². The van der Waals surface area contributed by atoms with Crippen LogP contribution in [0.4, 0.5) is 0 Å². The van der Waals surface area contributed by atoms with Crippen molar-refractivity contribution >= 4 is 5.97 Å². The van der Waals surface area contributed by atoms with E-state index in [1.54, 1.807) is 12.3 Å². The van der Waals surface area contributed by atoms with Crippen LogP contribution in [0, 0.1) is 0 Å². The van der Waals surface area contributed by atoms with Gasteiger partial charge in [0.1, 0.15) is 11.2 Å². The van der Waals surface area contributed by atoms with Crippen LogP contribution in [-0.4, -0.2) is 18.1 Å². The second kappa shape index (κ2) is 4.20. The third kappa shape index (κ3) is 1.60. The molecule has 1 aliphatic rings. The molecule has 1 aliphatic heterocycles. The highest BCUT2D eigenvalue weighted by molar-refractivity contribution is 5.97. The Morgan fingerprint density at radius 3 is 3.00 bits per heavy atom. The molecule has 0 amide bonds. The minimum atomic E-state index is -0.607. The molecule has 1 aromatic rings. The van der Waals surface area contributed by atoms with Gasteiger partial charge in [0.05, 0.1) is 7.11 Å². The number of esters is 1. The van der Waals surface area contributed by atoms with Gasteiger partial charge in [-0.05, 0) is 12.5 Å².